The summed E-state index contributed by atoms with van der Waals surface area (Å²) in [6.07, 6.45) is 2.08. The second-order valence-corrected chi connectivity index (χ2v) is 6.14. The Morgan fingerprint density at radius 3 is 2.33 bits per heavy atom. The van der Waals surface area contributed by atoms with Crippen LogP contribution in [0.2, 0.25) is 5.02 Å². The Balaban J connectivity index is 2.26. The molecular weight excluding hydrogens is 278 g/mol. The number of nitrogens with one attached hydrogen (secondary N) is 1. The lowest BCUT2D eigenvalue weighted by Gasteiger charge is -2.21. The van der Waals surface area contributed by atoms with Gasteiger partial charge in [0.25, 0.3) is 0 Å². The van der Waals surface area contributed by atoms with Gasteiger partial charge in [0.1, 0.15) is 0 Å². The first-order valence-electron chi connectivity index (χ1n) is 7.65. The molecule has 0 aliphatic carbocycles. The molecular formula is C19H24ClN. The number of benzene rings is 2. The van der Waals surface area contributed by atoms with E-state index in [4.69, 9.17) is 11.6 Å². The van der Waals surface area contributed by atoms with Crippen LogP contribution in [0.25, 0.3) is 0 Å². The summed E-state index contributed by atoms with van der Waals surface area (Å²) in [6.45, 7) is 7.50. The number of hydrogen-bond acceptors (Lipinski definition) is 1. The smallest absolute Gasteiger partial charge is 0.0453 e. The first-order chi connectivity index (χ1) is 10.1. The molecule has 0 radical (unpaired) electrons. The largest absolute Gasteiger partial charge is 0.310 e. The van der Waals surface area contributed by atoms with E-state index in [1.807, 2.05) is 12.1 Å². The van der Waals surface area contributed by atoms with Crippen LogP contribution in [0, 0.1) is 13.8 Å². The molecule has 0 aromatic heterocycles. The zero-order chi connectivity index (χ0) is 15.2. The van der Waals surface area contributed by atoms with Gasteiger partial charge in [-0.25, -0.2) is 0 Å². The lowest BCUT2D eigenvalue weighted by atomic mass is 9.96. The molecule has 2 heteroatoms. The maximum atomic E-state index is 6.39. The van der Waals surface area contributed by atoms with E-state index in [1.54, 1.807) is 0 Å². The van der Waals surface area contributed by atoms with Crippen molar-refractivity contribution in [3.05, 3.63) is 69.7 Å². The van der Waals surface area contributed by atoms with Gasteiger partial charge in [-0.05, 0) is 50.4 Å². The molecule has 2 aromatic rings. The van der Waals surface area contributed by atoms with Gasteiger partial charge >= 0.3 is 0 Å². The molecule has 1 N–H and O–H groups in total. The highest BCUT2D eigenvalue weighted by molar-refractivity contribution is 6.31. The summed E-state index contributed by atoms with van der Waals surface area (Å²) >= 11 is 6.39. The number of halogens is 1. The fraction of sp³-hybridized carbons (Fsp3) is 0.368. The highest BCUT2D eigenvalue weighted by Gasteiger charge is 2.14. The van der Waals surface area contributed by atoms with Crippen molar-refractivity contribution in [2.45, 2.75) is 39.7 Å². The second-order valence-electron chi connectivity index (χ2n) is 5.73. The third kappa shape index (κ3) is 4.59. The highest BCUT2D eigenvalue weighted by atomic mass is 35.5. The second kappa shape index (κ2) is 7.63. The maximum absolute atomic E-state index is 6.39. The molecule has 0 bridgehead atoms. The molecule has 0 aliphatic rings. The normalized spacial score (nSPS) is 12.4. The minimum Gasteiger partial charge on any atom is -0.310 e. The minimum atomic E-state index is 0.264. The van der Waals surface area contributed by atoms with Gasteiger partial charge in [0.2, 0.25) is 0 Å². The van der Waals surface area contributed by atoms with Crippen molar-refractivity contribution in [3.63, 3.8) is 0 Å². The minimum absolute atomic E-state index is 0.264. The van der Waals surface area contributed by atoms with Gasteiger partial charge in [-0.1, -0.05) is 66.0 Å². The molecule has 0 aliphatic heterocycles. The zero-order valence-corrected chi connectivity index (χ0v) is 13.9. The van der Waals surface area contributed by atoms with Gasteiger partial charge in [-0.15, -0.1) is 0 Å². The number of aryl methyl sites for hydroxylation is 2. The molecule has 2 rings (SSSR count). The first-order valence-corrected chi connectivity index (χ1v) is 8.03. The van der Waals surface area contributed by atoms with Crippen LogP contribution in [0.5, 0.6) is 0 Å². The van der Waals surface area contributed by atoms with Crippen LogP contribution >= 0.6 is 11.6 Å². The van der Waals surface area contributed by atoms with Crippen LogP contribution in [-0.4, -0.2) is 6.54 Å². The number of rotatable bonds is 6. The molecule has 0 amide bonds. The van der Waals surface area contributed by atoms with Crippen molar-refractivity contribution in [3.8, 4) is 0 Å². The van der Waals surface area contributed by atoms with Crippen LogP contribution in [0.3, 0.4) is 0 Å². The van der Waals surface area contributed by atoms with Gasteiger partial charge in [0, 0.05) is 11.1 Å². The molecule has 0 heterocycles. The Morgan fingerprint density at radius 1 is 1.05 bits per heavy atom. The quantitative estimate of drug-likeness (QED) is 0.769. The summed E-state index contributed by atoms with van der Waals surface area (Å²) in [6, 6.07) is 15.2. The molecule has 0 fully saturated rings. The van der Waals surface area contributed by atoms with E-state index in [1.165, 1.54) is 22.3 Å². The van der Waals surface area contributed by atoms with Gasteiger partial charge in [-0.2, -0.15) is 0 Å². The van der Waals surface area contributed by atoms with Crippen molar-refractivity contribution >= 4 is 11.6 Å². The van der Waals surface area contributed by atoms with E-state index in [9.17, 15) is 0 Å². The van der Waals surface area contributed by atoms with Crippen molar-refractivity contribution in [1.82, 2.24) is 5.32 Å². The Bertz CT molecular complexity index is 572. The summed E-state index contributed by atoms with van der Waals surface area (Å²) in [5.74, 6) is 0. The van der Waals surface area contributed by atoms with Gasteiger partial charge < -0.3 is 5.32 Å². The third-order valence-corrected chi connectivity index (χ3v) is 3.99. The Kier molecular flexibility index (Phi) is 5.84. The lowest BCUT2D eigenvalue weighted by molar-refractivity contribution is 0.529. The van der Waals surface area contributed by atoms with E-state index in [0.29, 0.717) is 0 Å². The predicted octanol–water partition coefficient (Wildman–Crippen LogP) is 5.24. The van der Waals surface area contributed by atoms with Crippen molar-refractivity contribution < 1.29 is 0 Å². The predicted molar refractivity (Wildman–Crippen MR) is 92.1 cm³/mol. The van der Waals surface area contributed by atoms with E-state index in [-0.39, 0.29) is 6.04 Å². The van der Waals surface area contributed by atoms with Crippen LogP contribution < -0.4 is 5.32 Å². The molecule has 1 unspecified atom stereocenters. The molecule has 0 saturated heterocycles. The van der Waals surface area contributed by atoms with Gasteiger partial charge in [-0.3, -0.25) is 0 Å². The van der Waals surface area contributed by atoms with Gasteiger partial charge in [0.15, 0.2) is 0 Å². The van der Waals surface area contributed by atoms with E-state index >= 15 is 0 Å². The summed E-state index contributed by atoms with van der Waals surface area (Å²) in [5, 5.41) is 4.47. The Morgan fingerprint density at radius 2 is 1.71 bits per heavy atom. The molecule has 0 spiro atoms. The molecule has 0 saturated carbocycles. The molecule has 21 heavy (non-hydrogen) atoms. The molecule has 1 nitrogen and oxygen atoms in total. The van der Waals surface area contributed by atoms with E-state index < -0.39 is 0 Å². The fourth-order valence-corrected chi connectivity index (χ4v) is 3.06. The maximum Gasteiger partial charge on any atom is 0.0453 e. The highest BCUT2D eigenvalue weighted by Crippen LogP contribution is 2.26. The average molecular weight is 302 g/mol. The Labute approximate surface area is 133 Å². The summed E-state index contributed by atoms with van der Waals surface area (Å²) < 4.78 is 0. The zero-order valence-electron chi connectivity index (χ0n) is 13.1. The van der Waals surface area contributed by atoms with Crippen molar-refractivity contribution in [1.29, 1.82) is 0 Å². The first kappa shape index (κ1) is 16.1. The lowest BCUT2D eigenvalue weighted by Crippen LogP contribution is -2.24. The van der Waals surface area contributed by atoms with Crippen LogP contribution in [0.15, 0.2) is 42.5 Å². The monoisotopic (exact) mass is 301 g/mol. The van der Waals surface area contributed by atoms with Crippen LogP contribution in [-0.2, 0) is 6.42 Å². The van der Waals surface area contributed by atoms with Crippen LogP contribution in [0.4, 0.5) is 0 Å². The summed E-state index contributed by atoms with van der Waals surface area (Å²) in [4.78, 5) is 0. The summed E-state index contributed by atoms with van der Waals surface area (Å²) in [5.41, 5.74) is 5.18. The van der Waals surface area contributed by atoms with Crippen molar-refractivity contribution in [2.24, 2.45) is 0 Å². The van der Waals surface area contributed by atoms with E-state index in [2.05, 4.69) is 56.4 Å². The van der Waals surface area contributed by atoms with Crippen LogP contribution in [0.1, 0.15) is 41.6 Å². The van der Waals surface area contributed by atoms with E-state index in [0.717, 1.165) is 24.4 Å². The molecule has 1 atom stereocenters. The third-order valence-electron chi connectivity index (χ3n) is 3.64. The molecule has 2 aromatic carbocycles. The van der Waals surface area contributed by atoms with Crippen molar-refractivity contribution in [2.75, 3.05) is 6.54 Å². The SMILES string of the molecule is CCCNC(Cc1cc(C)cc(C)c1)c1ccccc1Cl. The van der Waals surface area contributed by atoms with Gasteiger partial charge in [0.05, 0.1) is 0 Å². The average Bonchev–Trinajstić information content (AvgIpc) is 2.43. The Hall–Kier alpha value is -1.31. The standard InChI is InChI=1S/C19H24ClN/c1-4-9-21-19(17-7-5-6-8-18(17)20)13-16-11-14(2)10-15(3)12-16/h5-8,10-12,19,21H,4,9,13H2,1-3H3. The fourth-order valence-electron chi connectivity index (χ4n) is 2.79. The number of hydrogen-bond donors (Lipinski definition) is 1. The topological polar surface area (TPSA) is 12.0 Å². The summed E-state index contributed by atoms with van der Waals surface area (Å²) in [7, 11) is 0. The molecule has 112 valence electrons.